The van der Waals surface area contributed by atoms with Crippen LogP contribution in [0.5, 0.6) is 5.75 Å². The maximum atomic E-state index is 13.3. The zero-order valence-electron chi connectivity index (χ0n) is 28.7. The number of hydrogen-bond acceptors (Lipinski definition) is 7. The average molecular weight is 705 g/mol. The van der Waals surface area contributed by atoms with Crippen molar-refractivity contribution in [1.82, 2.24) is 30.7 Å². The highest BCUT2D eigenvalue weighted by molar-refractivity contribution is 6.36. The van der Waals surface area contributed by atoms with E-state index in [0.717, 1.165) is 63.1 Å². The number of fused-ring (bicyclic) bond motifs is 1. The lowest BCUT2D eigenvalue weighted by atomic mass is 9.91. The second-order valence-electron chi connectivity index (χ2n) is 13.3. The Kier molecular flexibility index (Phi) is 10.2. The maximum absolute atomic E-state index is 13.3. The van der Waals surface area contributed by atoms with Gasteiger partial charge in [-0.2, -0.15) is 0 Å². The number of rotatable bonds is 12. The van der Waals surface area contributed by atoms with Crippen LogP contribution in [0.2, 0.25) is 5.02 Å². The Morgan fingerprint density at radius 2 is 1.43 bits per heavy atom. The van der Waals surface area contributed by atoms with Crippen LogP contribution in [0.15, 0.2) is 83.9 Å². The molecule has 0 unspecified atom stereocenters. The molecule has 4 heterocycles. The summed E-state index contributed by atoms with van der Waals surface area (Å²) in [5, 5.41) is 13.3. The summed E-state index contributed by atoms with van der Waals surface area (Å²) in [5.41, 5.74) is 8.83. The molecule has 0 radical (unpaired) electrons. The smallest absolute Gasteiger partial charge is 0.262 e. The molecule has 7 rings (SSSR count). The molecule has 2 aliphatic heterocycles. The van der Waals surface area contributed by atoms with Crippen molar-refractivity contribution in [3.8, 4) is 39.1 Å². The third-order valence-electron chi connectivity index (χ3n) is 9.89. The van der Waals surface area contributed by atoms with E-state index in [1.54, 1.807) is 23.9 Å². The van der Waals surface area contributed by atoms with Crippen molar-refractivity contribution < 1.29 is 14.3 Å². The zero-order valence-corrected chi connectivity index (χ0v) is 29.5. The number of carbonyl (C=O) groups excluding carboxylic acids is 2. The molecule has 4 N–H and O–H groups in total. The Labute approximate surface area is 301 Å². The van der Waals surface area contributed by atoms with Gasteiger partial charge in [0.05, 0.1) is 12.1 Å². The van der Waals surface area contributed by atoms with E-state index in [1.165, 1.54) is 0 Å². The third kappa shape index (κ3) is 7.39. The SMILES string of the molecule is COc1cc(-c2cccc(-c3cccc(-c4ccn5c(=O)c(CNC[C@@H]6CCC(=O)N6)cnc5c4)c3C)c2Cl)ccc1CNC[C@@H]1CCC(=O)N1. The molecule has 2 fully saturated rings. The van der Waals surface area contributed by atoms with E-state index in [4.69, 9.17) is 16.3 Å². The van der Waals surface area contributed by atoms with Crippen LogP contribution in [0, 0.1) is 6.92 Å². The molecule has 0 saturated carbocycles. The van der Waals surface area contributed by atoms with Crippen molar-refractivity contribution >= 4 is 29.1 Å². The Bertz CT molecular complexity index is 2180. The molecule has 0 aliphatic carbocycles. The number of pyridine rings is 1. The Morgan fingerprint density at radius 1 is 0.804 bits per heavy atom. The van der Waals surface area contributed by atoms with E-state index in [1.807, 2.05) is 42.5 Å². The van der Waals surface area contributed by atoms with Crippen molar-refractivity contribution in [3.05, 3.63) is 111 Å². The maximum Gasteiger partial charge on any atom is 0.262 e. The van der Waals surface area contributed by atoms with Crippen molar-refractivity contribution in [2.75, 3.05) is 20.2 Å². The van der Waals surface area contributed by atoms with E-state index in [0.29, 0.717) is 55.3 Å². The number of nitrogens with one attached hydrogen (secondary N) is 4. The van der Waals surface area contributed by atoms with Gasteiger partial charge in [-0.1, -0.05) is 60.1 Å². The molecule has 2 amide bonds. The number of benzene rings is 3. The summed E-state index contributed by atoms with van der Waals surface area (Å²) in [5.74, 6) is 0.950. The minimum absolute atomic E-state index is 0.0726. The summed E-state index contributed by atoms with van der Waals surface area (Å²) >= 11 is 7.18. The normalized spacial score (nSPS) is 17.2. The van der Waals surface area contributed by atoms with Crippen LogP contribution in [0.25, 0.3) is 39.0 Å². The van der Waals surface area contributed by atoms with Gasteiger partial charge in [0, 0.05) is 85.8 Å². The second-order valence-corrected chi connectivity index (χ2v) is 13.7. The van der Waals surface area contributed by atoms with Crippen molar-refractivity contribution in [2.24, 2.45) is 0 Å². The van der Waals surface area contributed by atoms with E-state index in [2.05, 4.69) is 57.4 Å². The molecule has 262 valence electrons. The molecular weight excluding hydrogens is 664 g/mol. The van der Waals surface area contributed by atoms with E-state index < -0.39 is 0 Å². The number of hydrogen-bond donors (Lipinski definition) is 4. The topological polar surface area (TPSA) is 126 Å². The first kappa shape index (κ1) is 34.4. The molecule has 2 saturated heterocycles. The summed E-state index contributed by atoms with van der Waals surface area (Å²) < 4.78 is 7.35. The van der Waals surface area contributed by atoms with Gasteiger partial charge in [-0.3, -0.25) is 18.8 Å². The molecule has 0 spiro atoms. The summed E-state index contributed by atoms with van der Waals surface area (Å²) in [4.78, 5) is 40.9. The van der Waals surface area contributed by atoms with Crippen LogP contribution in [-0.2, 0) is 22.7 Å². The first-order chi connectivity index (χ1) is 24.8. The molecule has 11 heteroatoms. The summed E-state index contributed by atoms with van der Waals surface area (Å²) in [6, 6.07) is 22.5. The van der Waals surface area contributed by atoms with Crippen molar-refractivity contribution in [2.45, 2.75) is 57.8 Å². The van der Waals surface area contributed by atoms with E-state index >= 15 is 0 Å². The number of carbonyl (C=O) groups is 2. The fraction of sp³-hybridized carbons (Fsp3) is 0.300. The lowest BCUT2D eigenvalue weighted by Crippen LogP contribution is -2.36. The third-order valence-corrected chi connectivity index (χ3v) is 10.3. The molecule has 2 atom stereocenters. The Balaban J connectivity index is 1.10. The second kappa shape index (κ2) is 15.1. The number of amides is 2. The monoisotopic (exact) mass is 704 g/mol. The van der Waals surface area contributed by atoms with E-state index in [-0.39, 0.29) is 29.5 Å². The molecule has 2 aliphatic rings. The van der Waals surface area contributed by atoms with E-state index in [9.17, 15) is 14.4 Å². The van der Waals surface area contributed by atoms with Gasteiger partial charge in [-0.25, -0.2) is 4.98 Å². The number of nitrogens with zero attached hydrogens (tertiary/aromatic N) is 2. The largest absolute Gasteiger partial charge is 0.496 e. The highest BCUT2D eigenvalue weighted by atomic mass is 35.5. The molecule has 3 aromatic carbocycles. The minimum atomic E-state index is -0.122. The highest BCUT2D eigenvalue weighted by Crippen LogP contribution is 2.41. The van der Waals surface area contributed by atoms with Crippen molar-refractivity contribution in [1.29, 1.82) is 0 Å². The van der Waals surface area contributed by atoms with Crippen LogP contribution in [0.4, 0.5) is 0 Å². The first-order valence-electron chi connectivity index (χ1n) is 17.4. The van der Waals surface area contributed by atoms with Gasteiger partial charge >= 0.3 is 0 Å². The quantitative estimate of drug-likeness (QED) is 0.137. The zero-order chi connectivity index (χ0) is 35.5. The Morgan fingerprint density at radius 3 is 2.10 bits per heavy atom. The van der Waals surface area contributed by atoms with Crippen LogP contribution in [-0.4, -0.2) is 53.5 Å². The lowest BCUT2D eigenvalue weighted by Gasteiger charge is -2.17. The summed E-state index contributed by atoms with van der Waals surface area (Å²) in [7, 11) is 1.67. The number of ether oxygens (including phenoxy) is 1. The van der Waals surface area contributed by atoms with Gasteiger partial charge in [0.2, 0.25) is 11.8 Å². The highest BCUT2D eigenvalue weighted by Gasteiger charge is 2.22. The van der Waals surface area contributed by atoms with Gasteiger partial charge in [0.1, 0.15) is 11.4 Å². The number of methoxy groups -OCH3 is 1. The van der Waals surface area contributed by atoms with Crippen LogP contribution < -0.4 is 31.6 Å². The van der Waals surface area contributed by atoms with Crippen molar-refractivity contribution in [3.63, 3.8) is 0 Å². The lowest BCUT2D eigenvalue weighted by molar-refractivity contribution is -0.120. The average Bonchev–Trinajstić information content (AvgIpc) is 3.76. The van der Waals surface area contributed by atoms with Crippen LogP contribution in [0.1, 0.15) is 42.4 Å². The van der Waals surface area contributed by atoms with Crippen LogP contribution in [0.3, 0.4) is 0 Å². The molecule has 0 bridgehead atoms. The Hall–Kier alpha value is -5.03. The fourth-order valence-electron chi connectivity index (χ4n) is 7.09. The van der Waals surface area contributed by atoms with Crippen LogP contribution >= 0.6 is 11.6 Å². The predicted octanol–water partition coefficient (Wildman–Crippen LogP) is 5.40. The number of aromatic nitrogens is 2. The molecule has 2 aromatic heterocycles. The molecular formula is C40H41ClN6O4. The predicted molar refractivity (Wildman–Crippen MR) is 200 cm³/mol. The standard InChI is InChI=1S/C40H41ClN6O4/c1-24-31(26-15-16-47-36(18-26)44-21-28(40(47)50)20-43-23-30-12-14-38(49)46-30)5-3-6-32(24)34-8-4-7-33(39(34)41)25-9-10-27(35(17-25)51-2)19-42-22-29-11-13-37(48)45-29/h3-10,15-18,21,29-30,42-43H,11-14,19-20,22-23H2,1-2H3,(H,45,48)(H,46,49)/t29-,30-/m0/s1. The molecule has 51 heavy (non-hydrogen) atoms. The summed E-state index contributed by atoms with van der Waals surface area (Å²) in [6.07, 6.45) is 6.19. The molecule has 5 aromatic rings. The van der Waals surface area contributed by atoms with Gasteiger partial charge in [0.25, 0.3) is 5.56 Å². The first-order valence-corrected chi connectivity index (χ1v) is 17.7. The van der Waals surface area contributed by atoms with Gasteiger partial charge in [0.15, 0.2) is 0 Å². The van der Waals surface area contributed by atoms with Gasteiger partial charge < -0.3 is 26.0 Å². The summed E-state index contributed by atoms with van der Waals surface area (Å²) in [6.45, 7) is 4.40. The van der Waals surface area contributed by atoms with Gasteiger partial charge in [-0.05, 0) is 65.8 Å². The molecule has 10 nitrogen and oxygen atoms in total. The fourth-order valence-corrected chi connectivity index (χ4v) is 7.42. The number of halogens is 1. The minimum Gasteiger partial charge on any atom is -0.496 e. The van der Waals surface area contributed by atoms with Gasteiger partial charge in [-0.15, -0.1) is 0 Å².